The van der Waals surface area contributed by atoms with Crippen LogP contribution in [-0.2, 0) is 6.42 Å². The second kappa shape index (κ2) is 11.7. The summed E-state index contributed by atoms with van der Waals surface area (Å²) in [5.74, 6) is 2.32. The third-order valence-electron chi connectivity index (χ3n) is 7.72. The van der Waals surface area contributed by atoms with Crippen LogP contribution in [0.15, 0.2) is 0 Å². The molecule has 0 fully saturated rings. The summed E-state index contributed by atoms with van der Waals surface area (Å²) in [6.45, 7) is 14.3. The molecule has 0 spiro atoms. The van der Waals surface area contributed by atoms with E-state index in [1.54, 1.807) is 0 Å². The van der Waals surface area contributed by atoms with Crippen molar-refractivity contribution in [1.29, 1.82) is 0 Å². The normalized spacial score (nSPS) is 19.9. The summed E-state index contributed by atoms with van der Waals surface area (Å²) < 4.78 is 6.39. The van der Waals surface area contributed by atoms with E-state index >= 15 is 0 Å². The Balaban J connectivity index is 1.70. The molecule has 1 aliphatic rings. The lowest BCUT2D eigenvalue weighted by Crippen LogP contribution is -2.27. The van der Waals surface area contributed by atoms with Crippen molar-refractivity contribution in [3.05, 3.63) is 22.3 Å². The van der Waals surface area contributed by atoms with Crippen LogP contribution >= 0.6 is 0 Å². The third kappa shape index (κ3) is 7.38. The Hall–Kier alpha value is -1.26. The molecule has 0 aromatic heterocycles. The zero-order chi connectivity index (χ0) is 24.1. The zero-order valence-corrected chi connectivity index (χ0v) is 21.6. The van der Waals surface area contributed by atoms with Crippen LogP contribution in [0.1, 0.15) is 108 Å². The molecule has 2 rings (SSSR count). The van der Waals surface area contributed by atoms with Gasteiger partial charge < -0.3 is 20.1 Å². The van der Waals surface area contributed by atoms with Crippen LogP contribution in [0, 0.1) is 32.6 Å². The summed E-state index contributed by atoms with van der Waals surface area (Å²) in [7, 11) is 0. The lowest BCUT2D eigenvalue weighted by molar-refractivity contribution is 0.0146. The summed E-state index contributed by atoms with van der Waals surface area (Å²) in [5.41, 5.74) is 3.49. The van der Waals surface area contributed by atoms with Gasteiger partial charge in [0.1, 0.15) is 11.5 Å². The van der Waals surface area contributed by atoms with Crippen molar-refractivity contribution in [2.24, 2.45) is 11.8 Å². The molecule has 0 amide bonds. The minimum atomic E-state index is -0.679. The Morgan fingerprint density at radius 2 is 1.62 bits per heavy atom. The van der Waals surface area contributed by atoms with Gasteiger partial charge in [0.05, 0.1) is 17.8 Å². The molecule has 184 valence electrons. The maximum absolute atomic E-state index is 10.6. The number of rotatable bonds is 12. The highest BCUT2D eigenvalue weighted by Gasteiger charge is 2.26. The van der Waals surface area contributed by atoms with E-state index in [0.29, 0.717) is 24.5 Å². The molecule has 3 N–H and O–H groups in total. The highest BCUT2D eigenvalue weighted by molar-refractivity contribution is 5.58. The SMILES string of the molecule is Cc1c(C)c2c(c(C)c1O)CC[C@@H](CCC[C@H](C)CCCC(C)(O)CCC(O)C(C)C)O2. The number of hydrogen-bond donors (Lipinski definition) is 3. The first-order chi connectivity index (χ1) is 14.9. The van der Waals surface area contributed by atoms with E-state index in [2.05, 4.69) is 13.8 Å². The van der Waals surface area contributed by atoms with E-state index in [0.717, 1.165) is 67.4 Å². The lowest BCUT2D eigenvalue weighted by Gasteiger charge is -2.30. The second-order valence-corrected chi connectivity index (χ2v) is 11.1. The maximum Gasteiger partial charge on any atom is 0.126 e. The van der Waals surface area contributed by atoms with Gasteiger partial charge in [0.15, 0.2) is 0 Å². The monoisotopic (exact) mass is 448 g/mol. The van der Waals surface area contributed by atoms with E-state index in [-0.39, 0.29) is 18.1 Å². The summed E-state index contributed by atoms with van der Waals surface area (Å²) in [6.07, 6.45) is 9.67. The number of benzene rings is 1. The fourth-order valence-electron chi connectivity index (χ4n) is 4.95. The topological polar surface area (TPSA) is 69.9 Å². The largest absolute Gasteiger partial charge is 0.507 e. The number of hydrogen-bond acceptors (Lipinski definition) is 4. The van der Waals surface area contributed by atoms with Gasteiger partial charge in [-0.1, -0.05) is 40.0 Å². The van der Waals surface area contributed by atoms with Crippen molar-refractivity contribution in [2.75, 3.05) is 0 Å². The molecular weight excluding hydrogens is 400 g/mol. The Morgan fingerprint density at radius 1 is 0.969 bits per heavy atom. The summed E-state index contributed by atoms with van der Waals surface area (Å²) in [6, 6.07) is 0. The molecule has 0 aliphatic carbocycles. The molecule has 0 saturated heterocycles. The van der Waals surface area contributed by atoms with E-state index in [1.807, 2.05) is 34.6 Å². The Labute approximate surface area is 196 Å². The van der Waals surface area contributed by atoms with Gasteiger partial charge in [0, 0.05) is 5.56 Å². The van der Waals surface area contributed by atoms with Gasteiger partial charge >= 0.3 is 0 Å². The quantitative estimate of drug-likeness (QED) is 0.340. The Bertz CT molecular complexity index is 738. The van der Waals surface area contributed by atoms with Crippen molar-refractivity contribution in [3.63, 3.8) is 0 Å². The number of aromatic hydroxyl groups is 1. The molecule has 0 bridgehead atoms. The smallest absolute Gasteiger partial charge is 0.126 e. The molecule has 1 heterocycles. The number of phenols is 1. The van der Waals surface area contributed by atoms with Crippen molar-refractivity contribution in [2.45, 2.75) is 130 Å². The molecule has 1 aromatic carbocycles. The van der Waals surface area contributed by atoms with Crippen molar-refractivity contribution in [1.82, 2.24) is 0 Å². The van der Waals surface area contributed by atoms with E-state index < -0.39 is 5.60 Å². The molecule has 1 aliphatic heterocycles. The predicted molar refractivity (Wildman–Crippen MR) is 133 cm³/mol. The molecule has 1 aromatic rings. The molecule has 0 saturated carbocycles. The van der Waals surface area contributed by atoms with Gasteiger partial charge in [-0.15, -0.1) is 0 Å². The minimum absolute atomic E-state index is 0.247. The second-order valence-electron chi connectivity index (χ2n) is 11.1. The highest BCUT2D eigenvalue weighted by Crippen LogP contribution is 2.41. The van der Waals surface area contributed by atoms with Crippen molar-refractivity contribution >= 4 is 0 Å². The number of phenolic OH excluding ortho intramolecular Hbond substituents is 1. The average Bonchev–Trinajstić information content (AvgIpc) is 2.74. The fourth-order valence-corrected chi connectivity index (χ4v) is 4.95. The Kier molecular flexibility index (Phi) is 9.90. The number of aliphatic hydroxyl groups is 2. The van der Waals surface area contributed by atoms with Crippen LogP contribution < -0.4 is 4.74 Å². The van der Waals surface area contributed by atoms with Crippen LogP contribution in [0.25, 0.3) is 0 Å². The fraction of sp³-hybridized carbons (Fsp3) is 0.786. The molecule has 0 radical (unpaired) electrons. The van der Waals surface area contributed by atoms with Crippen LogP contribution in [-0.4, -0.2) is 33.1 Å². The van der Waals surface area contributed by atoms with Gasteiger partial charge in [0.25, 0.3) is 0 Å². The van der Waals surface area contributed by atoms with Gasteiger partial charge in [-0.05, 0) is 101 Å². The van der Waals surface area contributed by atoms with Crippen LogP contribution in [0.3, 0.4) is 0 Å². The minimum Gasteiger partial charge on any atom is -0.507 e. The molecule has 4 heteroatoms. The van der Waals surface area contributed by atoms with Crippen LogP contribution in [0.4, 0.5) is 0 Å². The first kappa shape index (κ1) is 27.0. The lowest BCUT2D eigenvalue weighted by atomic mass is 9.87. The average molecular weight is 449 g/mol. The maximum atomic E-state index is 10.6. The molecule has 2 unspecified atom stereocenters. The third-order valence-corrected chi connectivity index (χ3v) is 7.72. The van der Waals surface area contributed by atoms with Gasteiger partial charge in [0.2, 0.25) is 0 Å². The Morgan fingerprint density at radius 3 is 2.28 bits per heavy atom. The molecular formula is C28H48O4. The summed E-state index contributed by atoms with van der Waals surface area (Å²) in [4.78, 5) is 0. The first-order valence-electron chi connectivity index (χ1n) is 12.8. The van der Waals surface area contributed by atoms with Crippen LogP contribution in [0.5, 0.6) is 11.5 Å². The predicted octanol–water partition coefficient (Wildman–Crippen LogP) is 6.54. The van der Waals surface area contributed by atoms with E-state index in [9.17, 15) is 15.3 Å². The van der Waals surface area contributed by atoms with Crippen molar-refractivity contribution < 1.29 is 20.1 Å². The highest BCUT2D eigenvalue weighted by atomic mass is 16.5. The molecule has 4 atom stereocenters. The van der Waals surface area contributed by atoms with Crippen LogP contribution in [0.2, 0.25) is 0 Å². The first-order valence-corrected chi connectivity index (χ1v) is 12.8. The van der Waals surface area contributed by atoms with E-state index in [4.69, 9.17) is 4.74 Å². The number of ether oxygens (including phenoxy) is 1. The van der Waals surface area contributed by atoms with E-state index in [1.165, 1.54) is 12.0 Å². The van der Waals surface area contributed by atoms with Gasteiger partial charge in [-0.2, -0.15) is 0 Å². The summed E-state index contributed by atoms with van der Waals surface area (Å²) >= 11 is 0. The van der Waals surface area contributed by atoms with Gasteiger partial charge in [-0.25, -0.2) is 0 Å². The number of aliphatic hydroxyl groups excluding tert-OH is 1. The standard InChI is InChI=1S/C28H48O4/c1-18(2)25(29)15-17-28(7,31)16-9-11-19(3)10-8-12-23-13-14-24-22(6)26(30)20(4)21(5)27(24)32-23/h18-19,23,25,29-31H,8-17H2,1-7H3/t19-,23+,25?,28?/m0/s1. The van der Waals surface area contributed by atoms with Crippen molar-refractivity contribution in [3.8, 4) is 11.5 Å². The number of fused-ring (bicyclic) bond motifs is 1. The van der Waals surface area contributed by atoms with Gasteiger partial charge in [-0.3, -0.25) is 0 Å². The molecule has 32 heavy (non-hydrogen) atoms. The molecule has 4 nitrogen and oxygen atoms in total. The zero-order valence-electron chi connectivity index (χ0n) is 21.6. The summed E-state index contributed by atoms with van der Waals surface area (Å²) in [5, 5.41) is 30.9.